The lowest BCUT2D eigenvalue weighted by molar-refractivity contribution is 0.994. The Kier molecular flexibility index (Phi) is 2.43. The minimum absolute atomic E-state index is 0.582. The average molecular weight is 285 g/mol. The Morgan fingerprint density at radius 1 is 0.950 bits per heavy atom. The van der Waals surface area contributed by atoms with Gasteiger partial charge >= 0.3 is 0 Å². The molecule has 4 heterocycles. The summed E-state index contributed by atoms with van der Waals surface area (Å²) in [5, 5.41) is 0.582. The highest BCUT2D eigenvalue weighted by Gasteiger charge is 2.06. The predicted molar refractivity (Wildman–Crippen MR) is 73.8 cm³/mol. The van der Waals surface area contributed by atoms with Crippen LogP contribution in [0.1, 0.15) is 11.4 Å². The van der Waals surface area contributed by atoms with Gasteiger partial charge in [0, 0.05) is 37.4 Å². The number of nitrogens with zero attached hydrogens (tertiary/aromatic N) is 6. The molecule has 0 aliphatic rings. The number of fused-ring (bicyclic) bond motifs is 2. The third kappa shape index (κ3) is 1.90. The second-order valence-electron chi connectivity index (χ2n) is 4.44. The van der Waals surface area contributed by atoms with Crippen LogP contribution in [0.5, 0.6) is 0 Å². The first kappa shape index (κ1) is 11.4. The van der Waals surface area contributed by atoms with E-state index in [0.29, 0.717) is 23.0 Å². The topological polar surface area (TPSA) is 60.4 Å². The summed E-state index contributed by atoms with van der Waals surface area (Å²) in [5.74, 6) is 1.32. The zero-order valence-corrected chi connectivity index (χ0v) is 11.1. The summed E-state index contributed by atoms with van der Waals surface area (Å²) in [6, 6.07) is 1.96. The van der Waals surface area contributed by atoms with E-state index in [-0.39, 0.29) is 0 Å². The smallest absolute Gasteiger partial charge is 0.234 e. The van der Waals surface area contributed by atoms with Crippen LogP contribution < -0.4 is 0 Å². The maximum atomic E-state index is 5.91. The normalized spacial score (nSPS) is 11.4. The van der Waals surface area contributed by atoms with Crippen molar-refractivity contribution in [3.05, 3.63) is 59.7 Å². The Balaban J connectivity index is 1.72. The van der Waals surface area contributed by atoms with Crippen LogP contribution in [-0.4, -0.2) is 28.7 Å². The van der Waals surface area contributed by atoms with Crippen molar-refractivity contribution in [2.24, 2.45) is 0 Å². The van der Waals surface area contributed by atoms with Crippen LogP contribution in [0, 0.1) is 0 Å². The molecule has 0 bridgehead atoms. The fourth-order valence-electron chi connectivity index (χ4n) is 2.12. The van der Waals surface area contributed by atoms with Gasteiger partial charge in [-0.2, -0.15) is 0 Å². The Hall–Kier alpha value is -2.47. The van der Waals surface area contributed by atoms with Crippen molar-refractivity contribution in [2.45, 2.75) is 6.42 Å². The highest BCUT2D eigenvalue weighted by atomic mass is 35.5. The summed E-state index contributed by atoms with van der Waals surface area (Å²) in [4.78, 5) is 17.3. The van der Waals surface area contributed by atoms with Crippen LogP contribution in [0.4, 0.5) is 0 Å². The number of aromatic nitrogens is 6. The molecular formula is C13H9ClN6. The van der Waals surface area contributed by atoms with E-state index in [0.717, 1.165) is 11.4 Å². The molecule has 4 aromatic heterocycles. The van der Waals surface area contributed by atoms with E-state index < -0.39 is 0 Å². The van der Waals surface area contributed by atoms with Crippen LogP contribution in [0.15, 0.2) is 43.2 Å². The molecule has 0 radical (unpaired) electrons. The summed E-state index contributed by atoms with van der Waals surface area (Å²) >= 11 is 5.91. The highest BCUT2D eigenvalue weighted by molar-refractivity contribution is 6.30. The molecule has 4 rings (SSSR count). The molecule has 4 aromatic rings. The van der Waals surface area contributed by atoms with E-state index in [1.54, 1.807) is 18.6 Å². The number of hydrogen-bond donors (Lipinski definition) is 0. The fourth-order valence-corrected chi connectivity index (χ4v) is 2.27. The molecule has 0 spiro atoms. The van der Waals surface area contributed by atoms with Crippen molar-refractivity contribution >= 4 is 23.2 Å². The van der Waals surface area contributed by atoms with Gasteiger partial charge in [0.1, 0.15) is 0 Å². The van der Waals surface area contributed by atoms with Crippen molar-refractivity contribution in [3.63, 3.8) is 0 Å². The van der Waals surface area contributed by atoms with E-state index in [4.69, 9.17) is 11.6 Å². The molecular weight excluding hydrogens is 276 g/mol. The van der Waals surface area contributed by atoms with Crippen LogP contribution in [0.3, 0.4) is 0 Å². The maximum Gasteiger partial charge on any atom is 0.234 e. The Morgan fingerprint density at radius 3 is 2.75 bits per heavy atom. The van der Waals surface area contributed by atoms with E-state index >= 15 is 0 Å². The average Bonchev–Trinajstić information content (AvgIpc) is 3.03. The molecule has 0 saturated carbocycles. The molecule has 0 saturated heterocycles. The van der Waals surface area contributed by atoms with E-state index in [1.165, 1.54) is 0 Å². The molecule has 20 heavy (non-hydrogen) atoms. The first-order valence-electron chi connectivity index (χ1n) is 6.06. The van der Waals surface area contributed by atoms with E-state index in [9.17, 15) is 0 Å². The SMILES string of the molecule is Clc1cnc2nc(Cc3ccn4ccnc4n3)cn2c1. The zero-order chi connectivity index (χ0) is 13.5. The minimum Gasteiger partial charge on any atom is -0.291 e. The third-order valence-electron chi connectivity index (χ3n) is 3.01. The third-order valence-corrected chi connectivity index (χ3v) is 3.21. The Morgan fingerprint density at radius 2 is 1.80 bits per heavy atom. The van der Waals surface area contributed by atoms with Crippen molar-refractivity contribution in [1.29, 1.82) is 0 Å². The lowest BCUT2D eigenvalue weighted by atomic mass is 10.2. The molecule has 6 nitrogen and oxygen atoms in total. The molecule has 0 unspecified atom stereocenters. The van der Waals surface area contributed by atoms with Gasteiger partial charge in [0.15, 0.2) is 0 Å². The van der Waals surface area contributed by atoms with Gasteiger partial charge in [-0.25, -0.2) is 19.9 Å². The largest absolute Gasteiger partial charge is 0.291 e. The number of hydrogen-bond acceptors (Lipinski definition) is 4. The monoisotopic (exact) mass is 284 g/mol. The van der Waals surface area contributed by atoms with Gasteiger partial charge in [0.2, 0.25) is 11.6 Å². The molecule has 98 valence electrons. The van der Waals surface area contributed by atoms with E-state index in [2.05, 4.69) is 19.9 Å². The number of halogens is 1. The number of imidazole rings is 2. The highest BCUT2D eigenvalue weighted by Crippen LogP contribution is 2.11. The molecule has 0 atom stereocenters. The standard InChI is InChI=1S/C13H9ClN6/c14-9-6-16-13-18-11(8-20(13)7-9)5-10-1-3-19-4-2-15-12(19)17-10/h1-4,6-8H,5H2. The zero-order valence-electron chi connectivity index (χ0n) is 10.3. The summed E-state index contributed by atoms with van der Waals surface area (Å²) in [7, 11) is 0. The summed E-state index contributed by atoms with van der Waals surface area (Å²) in [6.45, 7) is 0. The Bertz CT molecular complexity index is 909. The second-order valence-corrected chi connectivity index (χ2v) is 4.88. The first-order chi connectivity index (χ1) is 9.78. The summed E-state index contributed by atoms with van der Waals surface area (Å²) in [5.41, 5.74) is 1.81. The lowest BCUT2D eigenvalue weighted by Gasteiger charge is -1.98. The molecule has 0 aliphatic heterocycles. The van der Waals surface area contributed by atoms with E-state index in [1.807, 2.05) is 33.5 Å². The minimum atomic E-state index is 0.582. The quantitative estimate of drug-likeness (QED) is 0.565. The van der Waals surface area contributed by atoms with Crippen LogP contribution in [0.2, 0.25) is 5.02 Å². The molecule has 0 aliphatic carbocycles. The summed E-state index contributed by atoms with van der Waals surface area (Å²) < 4.78 is 3.68. The summed E-state index contributed by atoms with van der Waals surface area (Å²) in [6.07, 6.45) is 11.4. The lowest BCUT2D eigenvalue weighted by Crippen LogP contribution is -1.96. The van der Waals surface area contributed by atoms with Crippen molar-refractivity contribution in [2.75, 3.05) is 0 Å². The van der Waals surface area contributed by atoms with Gasteiger partial charge in [-0.05, 0) is 6.07 Å². The molecule has 7 heteroatoms. The van der Waals surface area contributed by atoms with Gasteiger partial charge < -0.3 is 0 Å². The van der Waals surface area contributed by atoms with Gasteiger partial charge in [-0.3, -0.25) is 8.80 Å². The van der Waals surface area contributed by atoms with Crippen LogP contribution in [0.25, 0.3) is 11.6 Å². The molecule has 0 fully saturated rings. The van der Waals surface area contributed by atoms with Crippen molar-refractivity contribution in [1.82, 2.24) is 28.7 Å². The maximum absolute atomic E-state index is 5.91. The Labute approximate surface area is 118 Å². The fraction of sp³-hybridized carbons (Fsp3) is 0.0769. The van der Waals surface area contributed by atoms with Gasteiger partial charge in [0.25, 0.3) is 0 Å². The van der Waals surface area contributed by atoms with Crippen LogP contribution in [-0.2, 0) is 6.42 Å². The van der Waals surface area contributed by atoms with Crippen molar-refractivity contribution in [3.8, 4) is 0 Å². The van der Waals surface area contributed by atoms with Gasteiger partial charge in [-0.1, -0.05) is 11.6 Å². The van der Waals surface area contributed by atoms with Gasteiger partial charge in [0.05, 0.1) is 22.6 Å². The van der Waals surface area contributed by atoms with Crippen LogP contribution >= 0.6 is 11.6 Å². The predicted octanol–water partition coefficient (Wildman–Crippen LogP) is 2.02. The first-order valence-corrected chi connectivity index (χ1v) is 6.43. The molecule has 0 N–H and O–H groups in total. The number of rotatable bonds is 2. The molecule has 0 amide bonds. The molecule has 0 aromatic carbocycles. The van der Waals surface area contributed by atoms with Crippen molar-refractivity contribution < 1.29 is 0 Å². The van der Waals surface area contributed by atoms with Gasteiger partial charge in [-0.15, -0.1) is 0 Å². The second kappa shape index (κ2) is 4.28.